The van der Waals surface area contributed by atoms with Gasteiger partial charge in [0, 0.05) is 0 Å². The molecule has 21 heavy (non-hydrogen) atoms. The molecule has 0 aliphatic rings. The van der Waals surface area contributed by atoms with Crippen LogP contribution in [0.4, 0.5) is 0 Å². The van der Waals surface area contributed by atoms with E-state index in [1.165, 1.54) is 34.2 Å². The number of rotatable bonds is 6. The van der Waals surface area contributed by atoms with Crippen LogP contribution in [0, 0.1) is 13.8 Å². The summed E-state index contributed by atoms with van der Waals surface area (Å²) in [7, 11) is 0. The monoisotopic (exact) mass is 281 g/mol. The van der Waals surface area contributed by atoms with E-state index in [1.807, 2.05) is 0 Å². The molecule has 0 amide bonds. The maximum atomic E-state index is 3.63. The molecule has 0 heterocycles. The highest BCUT2D eigenvalue weighted by Crippen LogP contribution is 2.26. The Hall–Kier alpha value is -1.60. The molecule has 0 radical (unpaired) electrons. The van der Waals surface area contributed by atoms with Gasteiger partial charge in [0.2, 0.25) is 0 Å². The summed E-state index contributed by atoms with van der Waals surface area (Å²) >= 11 is 0. The van der Waals surface area contributed by atoms with E-state index >= 15 is 0 Å². The van der Waals surface area contributed by atoms with Crippen molar-refractivity contribution in [3.63, 3.8) is 0 Å². The van der Waals surface area contributed by atoms with Gasteiger partial charge in [0.1, 0.15) is 0 Å². The summed E-state index contributed by atoms with van der Waals surface area (Å²) in [5.74, 6) is 0. The van der Waals surface area contributed by atoms with Crippen molar-refractivity contribution >= 4 is 0 Å². The first-order chi connectivity index (χ1) is 10.2. The lowest BCUT2D eigenvalue weighted by molar-refractivity contribution is 0.627. The van der Waals surface area contributed by atoms with Crippen LogP contribution < -0.4 is 5.32 Å². The second-order valence-electron chi connectivity index (χ2n) is 5.84. The Labute approximate surface area is 129 Å². The van der Waals surface area contributed by atoms with E-state index < -0.39 is 0 Å². The molecule has 1 unspecified atom stereocenters. The largest absolute Gasteiger partial charge is 0.307 e. The number of benzene rings is 2. The lowest BCUT2D eigenvalue weighted by atomic mass is 9.92. The molecule has 0 saturated carbocycles. The van der Waals surface area contributed by atoms with Crippen molar-refractivity contribution in [2.45, 2.75) is 46.6 Å². The summed E-state index contributed by atoms with van der Waals surface area (Å²) in [6.07, 6.45) is 2.36. The first-order valence-corrected chi connectivity index (χ1v) is 8.05. The highest BCUT2D eigenvalue weighted by molar-refractivity contribution is 5.40. The van der Waals surface area contributed by atoms with Crippen LogP contribution in [0.1, 0.15) is 54.1 Å². The van der Waals surface area contributed by atoms with Crippen molar-refractivity contribution in [1.29, 1.82) is 0 Å². The highest BCUT2D eigenvalue weighted by atomic mass is 14.9. The SMILES string of the molecule is CCCc1ccc(C(NCC)c2cc(C)ccc2C)cc1. The van der Waals surface area contributed by atoms with Gasteiger partial charge in [0.05, 0.1) is 6.04 Å². The smallest absolute Gasteiger partial charge is 0.0579 e. The molecule has 1 nitrogen and oxygen atoms in total. The number of hydrogen-bond donors (Lipinski definition) is 1. The van der Waals surface area contributed by atoms with E-state index in [1.54, 1.807) is 0 Å². The van der Waals surface area contributed by atoms with E-state index in [-0.39, 0.29) is 6.04 Å². The van der Waals surface area contributed by atoms with E-state index in [4.69, 9.17) is 0 Å². The standard InChI is InChI=1S/C20H27N/c1-5-7-17-10-12-18(13-11-17)20(21-6-2)19-14-15(3)8-9-16(19)4/h8-14,20-21H,5-7H2,1-4H3. The Bertz CT molecular complexity index is 569. The maximum absolute atomic E-state index is 3.63. The van der Waals surface area contributed by atoms with E-state index in [2.05, 4.69) is 75.5 Å². The molecular weight excluding hydrogens is 254 g/mol. The van der Waals surface area contributed by atoms with Crippen LogP contribution in [0.3, 0.4) is 0 Å². The minimum Gasteiger partial charge on any atom is -0.307 e. The van der Waals surface area contributed by atoms with Crippen LogP contribution in [-0.4, -0.2) is 6.54 Å². The van der Waals surface area contributed by atoms with Crippen molar-refractivity contribution in [3.8, 4) is 0 Å². The zero-order chi connectivity index (χ0) is 15.2. The Balaban J connectivity index is 2.35. The number of aryl methyl sites for hydroxylation is 3. The fourth-order valence-corrected chi connectivity index (χ4v) is 2.85. The molecule has 2 aromatic carbocycles. The van der Waals surface area contributed by atoms with Crippen LogP contribution in [-0.2, 0) is 6.42 Å². The molecule has 0 spiro atoms. The molecule has 0 bridgehead atoms. The van der Waals surface area contributed by atoms with Crippen molar-refractivity contribution < 1.29 is 0 Å². The lowest BCUT2D eigenvalue weighted by Gasteiger charge is -2.22. The number of nitrogens with one attached hydrogen (secondary N) is 1. The van der Waals surface area contributed by atoms with Gasteiger partial charge in [-0.05, 0) is 49.1 Å². The van der Waals surface area contributed by atoms with Gasteiger partial charge in [-0.3, -0.25) is 0 Å². The minimum atomic E-state index is 0.283. The summed E-state index contributed by atoms with van der Waals surface area (Å²) in [5, 5.41) is 3.63. The van der Waals surface area contributed by atoms with Crippen molar-refractivity contribution in [2.24, 2.45) is 0 Å². The summed E-state index contributed by atoms with van der Waals surface area (Å²) < 4.78 is 0. The molecule has 0 aromatic heterocycles. The molecule has 2 rings (SSSR count). The van der Waals surface area contributed by atoms with E-state index in [0.29, 0.717) is 0 Å². The first kappa shape index (κ1) is 15.8. The molecule has 0 saturated heterocycles. The summed E-state index contributed by atoms with van der Waals surface area (Å²) in [4.78, 5) is 0. The van der Waals surface area contributed by atoms with Crippen LogP contribution in [0.25, 0.3) is 0 Å². The molecule has 0 fully saturated rings. The van der Waals surface area contributed by atoms with Gasteiger partial charge >= 0.3 is 0 Å². The summed E-state index contributed by atoms with van der Waals surface area (Å²) in [6, 6.07) is 16.1. The van der Waals surface area contributed by atoms with Gasteiger partial charge in [-0.1, -0.05) is 68.3 Å². The average Bonchev–Trinajstić information content (AvgIpc) is 2.49. The second kappa shape index (κ2) is 7.42. The van der Waals surface area contributed by atoms with E-state index in [9.17, 15) is 0 Å². The second-order valence-corrected chi connectivity index (χ2v) is 5.84. The lowest BCUT2D eigenvalue weighted by Crippen LogP contribution is -2.22. The first-order valence-electron chi connectivity index (χ1n) is 8.05. The summed E-state index contributed by atoms with van der Waals surface area (Å²) in [5.41, 5.74) is 6.84. The van der Waals surface area contributed by atoms with Crippen LogP contribution in [0.15, 0.2) is 42.5 Å². The summed E-state index contributed by atoms with van der Waals surface area (Å²) in [6.45, 7) is 9.73. The minimum absolute atomic E-state index is 0.283. The Morgan fingerprint density at radius 2 is 1.67 bits per heavy atom. The molecule has 112 valence electrons. The van der Waals surface area contributed by atoms with Gasteiger partial charge in [-0.15, -0.1) is 0 Å². The van der Waals surface area contributed by atoms with Gasteiger partial charge in [-0.25, -0.2) is 0 Å². The Kier molecular flexibility index (Phi) is 5.58. The van der Waals surface area contributed by atoms with Gasteiger partial charge in [-0.2, -0.15) is 0 Å². The molecule has 2 aromatic rings. The number of hydrogen-bond acceptors (Lipinski definition) is 1. The third-order valence-electron chi connectivity index (χ3n) is 4.01. The molecular formula is C20H27N. The predicted octanol–water partition coefficient (Wildman–Crippen LogP) is 4.95. The zero-order valence-corrected chi connectivity index (χ0v) is 13.7. The molecule has 0 aliphatic carbocycles. The fraction of sp³-hybridized carbons (Fsp3) is 0.400. The van der Waals surface area contributed by atoms with Gasteiger partial charge < -0.3 is 5.32 Å². The quantitative estimate of drug-likeness (QED) is 0.789. The molecule has 1 N–H and O–H groups in total. The fourth-order valence-electron chi connectivity index (χ4n) is 2.85. The van der Waals surface area contributed by atoms with Crippen LogP contribution in [0.5, 0.6) is 0 Å². The van der Waals surface area contributed by atoms with Crippen molar-refractivity contribution in [3.05, 3.63) is 70.3 Å². The maximum Gasteiger partial charge on any atom is 0.0579 e. The van der Waals surface area contributed by atoms with Crippen LogP contribution in [0.2, 0.25) is 0 Å². The zero-order valence-electron chi connectivity index (χ0n) is 13.7. The highest BCUT2D eigenvalue weighted by Gasteiger charge is 2.15. The third-order valence-corrected chi connectivity index (χ3v) is 4.01. The Morgan fingerprint density at radius 1 is 0.952 bits per heavy atom. The van der Waals surface area contributed by atoms with Gasteiger partial charge in [0.25, 0.3) is 0 Å². The predicted molar refractivity (Wildman–Crippen MR) is 91.9 cm³/mol. The Morgan fingerprint density at radius 3 is 2.29 bits per heavy atom. The van der Waals surface area contributed by atoms with Gasteiger partial charge in [0.15, 0.2) is 0 Å². The van der Waals surface area contributed by atoms with E-state index in [0.717, 1.165) is 13.0 Å². The average molecular weight is 281 g/mol. The topological polar surface area (TPSA) is 12.0 Å². The molecule has 1 heteroatoms. The van der Waals surface area contributed by atoms with Crippen molar-refractivity contribution in [2.75, 3.05) is 6.54 Å². The van der Waals surface area contributed by atoms with Crippen molar-refractivity contribution in [1.82, 2.24) is 5.32 Å². The molecule has 1 atom stereocenters. The normalized spacial score (nSPS) is 12.4. The third kappa shape index (κ3) is 3.95. The molecule has 0 aliphatic heterocycles. The van der Waals surface area contributed by atoms with Crippen LogP contribution >= 0.6 is 0 Å².